The minimum absolute atomic E-state index is 0.0502. The quantitative estimate of drug-likeness (QED) is 0.870. The summed E-state index contributed by atoms with van der Waals surface area (Å²) >= 11 is 8.99. The second-order valence-electron chi connectivity index (χ2n) is 3.08. The first-order valence-electron chi connectivity index (χ1n) is 4.36. The fraction of sp³-hybridized carbons (Fsp3) is 0.300. The van der Waals surface area contributed by atoms with E-state index in [4.69, 9.17) is 11.6 Å². The second-order valence-corrected chi connectivity index (χ2v) is 4.31. The number of hydrogen-bond acceptors (Lipinski definition) is 2. The molecule has 1 N–H and O–H groups in total. The summed E-state index contributed by atoms with van der Waals surface area (Å²) < 4.78 is 0. The molecule has 0 aliphatic heterocycles. The summed E-state index contributed by atoms with van der Waals surface area (Å²) in [7, 11) is 1.67. The zero-order chi connectivity index (χ0) is 11.4. The third-order valence-corrected chi connectivity index (χ3v) is 2.55. The first-order valence-corrected chi connectivity index (χ1v) is 5.86. The maximum Gasteiger partial charge on any atom is 0.257 e. The Labute approximate surface area is 102 Å². The average Bonchev–Trinajstić information content (AvgIpc) is 2.21. The summed E-state index contributed by atoms with van der Waals surface area (Å²) in [6, 6.07) is 4.42. The van der Waals surface area contributed by atoms with Crippen LogP contribution < -0.4 is 0 Å². The topological polar surface area (TPSA) is 40.5 Å². The van der Waals surface area contributed by atoms with Gasteiger partial charge in [-0.3, -0.25) is 4.79 Å². The van der Waals surface area contributed by atoms with Crippen LogP contribution in [0.1, 0.15) is 10.4 Å². The van der Waals surface area contributed by atoms with Crippen LogP contribution in [0.5, 0.6) is 5.75 Å². The Morgan fingerprint density at radius 1 is 1.60 bits per heavy atom. The van der Waals surface area contributed by atoms with Gasteiger partial charge in [0.15, 0.2) is 0 Å². The SMILES string of the molecule is CN(CCBr)C(=O)c1cc(Cl)ccc1O. The summed E-state index contributed by atoms with van der Waals surface area (Å²) in [5.41, 5.74) is 0.228. The third-order valence-electron chi connectivity index (χ3n) is 1.96. The highest BCUT2D eigenvalue weighted by atomic mass is 79.9. The van der Waals surface area contributed by atoms with Gasteiger partial charge < -0.3 is 10.0 Å². The molecule has 0 radical (unpaired) electrons. The first kappa shape index (κ1) is 12.3. The number of halogens is 2. The standard InChI is InChI=1S/C10H11BrClNO2/c1-13(5-4-11)10(15)8-6-7(12)2-3-9(8)14/h2-3,6,14H,4-5H2,1H3. The minimum Gasteiger partial charge on any atom is -0.507 e. The van der Waals surface area contributed by atoms with Crippen molar-refractivity contribution in [3.63, 3.8) is 0 Å². The van der Waals surface area contributed by atoms with Gasteiger partial charge in [0, 0.05) is 23.9 Å². The molecule has 0 fully saturated rings. The van der Waals surface area contributed by atoms with Crippen LogP contribution in [0, 0.1) is 0 Å². The van der Waals surface area contributed by atoms with Crippen LogP contribution in [-0.4, -0.2) is 34.8 Å². The number of phenols is 1. The van der Waals surface area contributed by atoms with Gasteiger partial charge in [0.25, 0.3) is 5.91 Å². The number of benzene rings is 1. The lowest BCUT2D eigenvalue weighted by Crippen LogP contribution is -2.28. The van der Waals surface area contributed by atoms with Gasteiger partial charge in [0.1, 0.15) is 5.75 Å². The van der Waals surface area contributed by atoms with Crippen molar-refractivity contribution in [2.75, 3.05) is 18.9 Å². The number of alkyl halides is 1. The molecule has 15 heavy (non-hydrogen) atoms. The summed E-state index contributed by atoms with van der Waals surface area (Å²) in [4.78, 5) is 13.3. The van der Waals surface area contributed by atoms with Gasteiger partial charge in [-0.25, -0.2) is 0 Å². The van der Waals surface area contributed by atoms with Crippen LogP contribution in [0.2, 0.25) is 5.02 Å². The van der Waals surface area contributed by atoms with Crippen molar-refractivity contribution in [2.24, 2.45) is 0 Å². The van der Waals surface area contributed by atoms with E-state index in [-0.39, 0.29) is 17.2 Å². The lowest BCUT2D eigenvalue weighted by atomic mass is 10.2. The smallest absolute Gasteiger partial charge is 0.257 e. The second kappa shape index (κ2) is 5.37. The molecule has 1 rings (SSSR count). The Kier molecular flexibility index (Phi) is 4.42. The maximum absolute atomic E-state index is 11.8. The summed E-state index contributed by atoms with van der Waals surface area (Å²) in [5.74, 6) is -0.291. The largest absolute Gasteiger partial charge is 0.507 e. The molecule has 82 valence electrons. The molecule has 0 spiro atoms. The van der Waals surface area contributed by atoms with E-state index < -0.39 is 0 Å². The molecule has 0 bridgehead atoms. The van der Waals surface area contributed by atoms with Crippen LogP contribution in [0.15, 0.2) is 18.2 Å². The molecule has 1 aromatic carbocycles. The van der Waals surface area contributed by atoms with Crippen molar-refractivity contribution in [1.82, 2.24) is 4.90 Å². The van der Waals surface area contributed by atoms with E-state index in [1.54, 1.807) is 7.05 Å². The maximum atomic E-state index is 11.8. The molecule has 0 saturated heterocycles. The summed E-state index contributed by atoms with van der Waals surface area (Å²) in [6.07, 6.45) is 0. The average molecular weight is 293 g/mol. The molecule has 1 aromatic rings. The van der Waals surface area contributed by atoms with Crippen LogP contribution in [-0.2, 0) is 0 Å². The van der Waals surface area contributed by atoms with Crippen LogP contribution in [0.25, 0.3) is 0 Å². The number of hydrogen-bond donors (Lipinski definition) is 1. The van der Waals surface area contributed by atoms with Gasteiger partial charge in [-0.1, -0.05) is 27.5 Å². The molecule has 1 amide bonds. The number of carbonyl (C=O) groups is 1. The lowest BCUT2D eigenvalue weighted by molar-refractivity contribution is 0.0801. The van der Waals surface area contributed by atoms with Gasteiger partial charge in [-0.2, -0.15) is 0 Å². The number of aromatic hydroxyl groups is 1. The van der Waals surface area contributed by atoms with Crippen molar-refractivity contribution in [2.45, 2.75) is 0 Å². The first-order chi connectivity index (χ1) is 7.06. The monoisotopic (exact) mass is 291 g/mol. The van der Waals surface area contributed by atoms with Crippen LogP contribution >= 0.6 is 27.5 Å². The van der Waals surface area contributed by atoms with E-state index in [0.29, 0.717) is 16.9 Å². The van der Waals surface area contributed by atoms with Crippen molar-refractivity contribution in [1.29, 1.82) is 0 Å². The Balaban J connectivity index is 2.95. The Morgan fingerprint density at radius 2 is 2.27 bits per heavy atom. The van der Waals surface area contributed by atoms with Gasteiger partial charge in [-0.05, 0) is 18.2 Å². The molecular weight excluding hydrogens is 281 g/mol. The predicted octanol–water partition coefficient (Wildman–Crippen LogP) is 2.51. The van der Waals surface area contributed by atoms with Gasteiger partial charge in [0.2, 0.25) is 0 Å². The highest BCUT2D eigenvalue weighted by Crippen LogP contribution is 2.22. The number of phenolic OH excluding ortho intramolecular Hbond substituents is 1. The van der Waals surface area contributed by atoms with Gasteiger partial charge in [-0.15, -0.1) is 0 Å². The van der Waals surface area contributed by atoms with E-state index in [1.165, 1.54) is 23.1 Å². The molecule has 0 aromatic heterocycles. The van der Waals surface area contributed by atoms with E-state index >= 15 is 0 Å². The third kappa shape index (κ3) is 3.11. The number of nitrogens with zero attached hydrogens (tertiary/aromatic N) is 1. The molecule has 3 nitrogen and oxygen atoms in total. The highest BCUT2D eigenvalue weighted by Gasteiger charge is 2.15. The van der Waals surface area contributed by atoms with Crippen LogP contribution in [0.4, 0.5) is 0 Å². The minimum atomic E-state index is -0.241. The fourth-order valence-corrected chi connectivity index (χ4v) is 1.82. The van der Waals surface area contributed by atoms with E-state index in [9.17, 15) is 9.90 Å². The van der Waals surface area contributed by atoms with Crippen molar-refractivity contribution in [3.8, 4) is 5.75 Å². The van der Waals surface area contributed by atoms with E-state index in [1.807, 2.05) is 0 Å². The predicted molar refractivity (Wildman–Crippen MR) is 63.9 cm³/mol. The molecule has 0 aliphatic carbocycles. The molecule has 0 saturated carbocycles. The Morgan fingerprint density at radius 3 is 2.87 bits per heavy atom. The van der Waals surface area contributed by atoms with Gasteiger partial charge >= 0.3 is 0 Å². The summed E-state index contributed by atoms with van der Waals surface area (Å²) in [5, 5.41) is 10.6. The number of rotatable bonds is 3. The van der Waals surface area contributed by atoms with Crippen LogP contribution in [0.3, 0.4) is 0 Å². The highest BCUT2D eigenvalue weighted by molar-refractivity contribution is 9.09. The van der Waals surface area contributed by atoms with Gasteiger partial charge in [0.05, 0.1) is 5.56 Å². The Bertz CT molecular complexity index is 370. The van der Waals surface area contributed by atoms with E-state index in [2.05, 4.69) is 15.9 Å². The fourth-order valence-electron chi connectivity index (χ4n) is 1.11. The van der Waals surface area contributed by atoms with Crippen molar-refractivity contribution >= 4 is 33.4 Å². The zero-order valence-electron chi connectivity index (χ0n) is 8.20. The molecule has 5 heteroatoms. The molecular formula is C10H11BrClNO2. The molecule has 0 heterocycles. The zero-order valence-corrected chi connectivity index (χ0v) is 10.5. The van der Waals surface area contributed by atoms with E-state index in [0.717, 1.165) is 0 Å². The summed E-state index contributed by atoms with van der Waals surface area (Å²) in [6.45, 7) is 0.574. The number of carbonyl (C=O) groups excluding carboxylic acids is 1. The number of amides is 1. The van der Waals surface area contributed by atoms with Crippen molar-refractivity contribution < 1.29 is 9.90 Å². The molecule has 0 atom stereocenters. The van der Waals surface area contributed by atoms with Crippen molar-refractivity contribution in [3.05, 3.63) is 28.8 Å². The molecule has 0 unspecified atom stereocenters. The molecule has 0 aliphatic rings. The lowest BCUT2D eigenvalue weighted by Gasteiger charge is -2.16. The normalized spacial score (nSPS) is 10.1. The Hall–Kier alpha value is -0.740.